The standard InChI is InChI=1S/C17H30N2O/c1-12(2)8-18-9-16-7-17(20-15(16)5)11-19-10-13(3)6-14(19)4/h7,12-14,18H,6,8-11H2,1-5H3. The van der Waals surface area contributed by atoms with E-state index in [1.54, 1.807) is 0 Å². The summed E-state index contributed by atoms with van der Waals surface area (Å²) in [6.07, 6.45) is 1.31. The first-order valence-corrected chi connectivity index (χ1v) is 7.98. The van der Waals surface area contributed by atoms with Crippen LogP contribution in [0.3, 0.4) is 0 Å². The molecular weight excluding hydrogens is 248 g/mol. The molecule has 114 valence electrons. The second-order valence-electron chi connectivity index (χ2n) is 6.94. The molecule has 3 heteroatoms. The number of hydrogen-bond acceptors (Lipinski definition) is 3. The summed E-state index contributed by atoms with van der Waals surface area (Å²) < 4.78 is 5.94. The second kappa shape index (κ2) is 6.77. The van der Waals surface area contributed by atoms with Crippen LogP contribution in [0.4, 0.5) is 0 Å². The van der Waals surface area contributed by atoms with Gasteiger partial charge in [0.15, 0.2) is 0 Å². The van der Waals surface area contributed by atoms with Gasteiger partial charge in [-0.3, -0.25) is 4.90 Å². The summed E-state index contributed by atoms with van der Waals surface area (Å²) in [5.41, 5.74) is 1.31. The van der Waals surface area contributed by atoms with Gasteiger partial charge in [-0.05, 0) is 44.7 Å². The Balaban J connectivity index is 1.90. The van der Waals surface area contributed by atoms with E-state index < -0.39 is 0 Å². The van der Waals surface area contributed by atoms with Crippen molar-refractivity contribution >= 4 is 0 Å². The molecular formula is C17H30N2O. The minimum atomic E-state index is 0.679. The predicted octanol–water partition coefficient (Wildman–Crippen LogP) is 3.56. The van der Waals surface area contributed by atoms with Crippen LogP contribution in [0, 0.1) is 18.8 Å². The van der Waals surface area contributed by atoms with Gasteiger partial charge in [-0.1, -0.05) is 20.8 Å². The Kier molecular flexibility index (Phi) is 5.28. The van der Waals surface area contributed by atoms with Gasteiger partial charge in [0.05, 0.1) is 6.54 Å². The van der Waals surface area contributed by atoms with Crippen molar-refractivity contribution in [3.8, 4) is 0 Å². The Bertz CT molecular complexity index is 425. The Hall–Kier alpha value is -0.800. The molecule has 2 rings (SSSR count). The quantitative estimate of drug-likeness (QED) is 0.862. The van der Waals surface area contributed by atoms with Gasteiger partial charge in [0, 0.05) is 24.7 Å². The van der Waals surface area contributed by atoms with Gasteiger partial charge in [0.1, 0.15) is 11.5 Å². The lowest BCUT2D eigenvalue weighted by molar-refractivity contribution is 0.234. The van der Waals surface area contributed by atoms with Crippen LogP contribution >= 0.6 is 0 Å². The molecule has 0 spiro atoms. The average molecular weight is 278 g/mol. The highest BCUT2D eigenvalue weighted by Crippen LogP contribution is 2.25. The Labute approximate surface area is 123 Å². The number of nitrogens with one attached hydrogen (secondary N) is 1. The SMILES string of the molecule is Cc1oc(CN2CC(C)CC2C)cc1CNCC(C)C. The van der Waals surface area contributed by atoms with E-state index >= 15 is 0 Å². The molecule has 0 amide bonds. The van der Waals surface area contributed by atoms with Crippen molar-refractivity contribution in [2.24, 2.45) is 11.8 Å². The summed E-state index contributed by atoms with van der Waals surface area (Å²) in [5, 5.41) is 3.49. The highest BCUT2D eigenvalue weighted by molar-refractivity contribution is 5.20. The molecule has 1 aromatic rings. The molecule has 20 heavy (non-hydrogen) atoms. The summed E-state index contributed by atoms with van der Waals surface area (Å²) in [4.78, 5) is 2.54. The topological polar surface area (TPSA) is 28.4 Å². The minimum absolute atomic E-state index is 0.679. The third-order valence-electron chi connectivity index (χ3n) is 4.21. The molecule has 2 unspecified atom stereocenters. The molecule has 0 aromatic carbocycles. The van der Waals surface area contributed by atoms with E-state index in [1.807, 2.05) is 0 Å². The van der Waals surface area contributed by atoms with Crippen LogP contribution in [-0.2, 0) is 13.1 Å². The lowest BCUT2D eigenvalue weighted by atomic mass is 10.1. The van der Waals surface area contributed by atoms with Crippen LogP contribution in [0.15, 0.2) is 10.5 Å². The van der Waals surface area contributed by atoms with Crippen molar-refractivity contribution in [2.45, 2.75) is 60.2 Å². The van der Waals surface area contributed by atoms with Gasteiger partial charge in [-0.15, -0.1) is 0 Å². The van der Waals surface area contributed by atoms with E-state index in [0.717, 1.165) is 37.1 Å². The van der Waals surface area contributed by atoms with Gasteiger partial charge in [0.25, 0.3) is 0 Å². The first-order valence-electron chi connectivity index (χ1n) is 7.98. The number of likely N-dealkylation sites (tertiary alicyclic amines) is 1. The number of aryl methyl sites for hydroxylation is 1. The van der Waals surface area contributed by atoms with Crippen LogP contribution in [0.25, 0.3) is 0 Å². The first kappa shape index (κ1) is 15.6. The third-order valence-corrected chi connectivity index (χ3v) is 4.21. The van der Waals surface area contributed by atoms with E-state index in [9.17, 15) is 0 Å². The highest BCUT2D eigenvalue weighted by Gasteiger charge is 2.26. The summed E-state index contributed by atoms with van der Waals surface area (Å²) in [6.45, 7) is 15.3. The smallest absolute Gasteiger partial charge is 0.118 e. The summed E-state index contributed by atoms with van der Waals surface area (Å²) in [5.74, 6) is 3.68. The normalized spacial score (nSPS) is 23.9. The molecule has 3 nitrogen and oxygen atoms in total. The predicted molar refractivity (Wildman–Crippen MR) is 83.6 cm³/mol. The van der Waals surface area contributed by atoms with Gasteiger partial charge in [-0.2, -0.15) is 0 Å². The van der Waals surface area contributed by atoms with E-state index in [4.69, 9.17) is 4.42 Å². The van der Waals surface area contributed by atoms with Crippen LogP contribution in [0.5, 0.6) is 0 Å². The van der Waals surface area contributed by atoms with Gasteiger partial charge in [-0.25, -0.2) is 0 Å². The molecule has 0 radical (unpaired) electrons. The van der Waals surface area contributed by atoms with E-state index in [1.165, 1.54) is 18.5 Å². The molecule has 1 aromatic heterocycles. The van der Waals surface area contributed by atoms with E-state index in [-0.39, 0.29) is 0 Å². The lowest BCUT2D eigenvalue weighted by Gasteiger charge is -2.19. The number of furan rings is 1. The molecule has 2 heterocycles. The number of hydrogen-bond donors (Lipinski definition) is 1. The van der Waals surface area contributed by atoms with Gasteiger partial charge < -0.3 is 9.73 Å². The Morgan fingerprint density at radius 1 is 1.40 bits per heavy atom. The number of rotatable bonds is 6. The van der Waals surface area contributed by atoms with Crippen LogP contribution in [0.1, 0.15) is 51.2 Å². The minimum Gasteiger partial charge on any atom is -0.465 e. The molecule has 1 fully saturated rings. The maximum Gasteiger partial charge on any atom is 0.118 e. The van der Waals surface area contributed by atoms with Crippen molar-refractivity contribution in [3.05, 3.63) is 23.2 Å². The van der Waals surface area contributed by atoms with Crippen molar-refractivity contribution in [1.29, 1.82) is 0 Å². The molecule has 0 aliphatic carbocycles. The van der Waals surface area contributed by atoms with Crippen molar-refractivity contribution in [1.82, 2.24) is 10.2 Å². The first-order chi connectivity index (χ1) is 9.45. The maximum atomic E-state index is 5.94. The molecule has 1 aliphatic rings. The average Bonchev–Trinajstić information content (AvgIpc) is 2.83. The summed E-state index contributed by atoms with van der Waals surface area (Å²) >= 11 is 0. The molecule has 0 bridgehead atoms. The fourth-order valence-electron chi connectivity index (χ4n) is 3.14. The van der Waals surface area contributed by atoms with Crippen molar-refractivity contribution < 1.29 is 4.42 Å². The van der Waals surface area contributed by atoms with E-state index in [2.05, 4.69) is 50.9 Å². The Morgan fingerprint density at radius 2 is 2.15 bits per heavy atom. The molecule has 2 atom stereocenters. The van der Waals surface area contributed by atoms with E-state index in [0.29, 0.717) is 12.0 Å². The second-order valence-corrected chi connectivity index (χ2v) is 6.94. The van der Waals surface area contributed by atoms with Crippen LogP contribution in [0.2, 0.25) is 0 Å². The Morgan fingerprint density at radius 3 is 2.75 bits per heavy atom. The monoisotopic (exact) mass is 278 g/mol. The fraction of sp³-hybridized carbons (Fsp3) is 0.765. The number of nitrogens with zero attached hydrogens (tertiary/aromatic N) is 1. The van der Waals surface area contributed by atoms with Gasteiger partial charge in [0.2, 0.25) is 0 Å². The zero-order valence-corrected chi connectivity index (χ0v) is 13.7. The molecule has 1 N–H and O–H groups in total. The zero-order chi connectivity index (χ0) is 14.7. The van der Waals surface area contributed by atoms with Crippen molar-refractivity contribution in [3.63, 3.8) is 0 Å². The van der Waals surface area contributed by atoms with Gasteiger partial charge >= 0.3 is 0 Å². The third kappa shape index (κ3) is 4.10. The maximum absolute atomic E-state index is 5.94. The largest absolute Gasteiger partial charge is 0.465 e. The highest BCUT2D eigenvalue weighted by atomic mass is 16.3. The lowest BCUT2D eigenvalue weighted by Crippen LogP contribution is -2.26. The summed E-state index contributed by atoms with van der Waals surface area (Å²) in [7, 11) is 0. The van der Waals surface area contributed by atoms with Crippen LogP contribution in [-0.4, -0.2) is 24.0 Å². The molecule has 0 saturated carbocycles. The molecule has 1 saturated heterocycles. The zero-order valence-electron chi connectivity index (χ0n) is 13.7. The fourth-order valence-corrected chi connectivity index (χ4v) is 3.14. The van der Waals surface area contributed by atoms with Crippen molar-refractivity contribution in [2.75, 3.05) is 13.1 Å². The van der Waals surface area contributed by atoms with Crippen LogP contribution < -0.4 is 5.32 Å². The molecule has 1 aliphatic heterocycles. The summed E-state index contributed by atoms with van der Waals surface area (Å²) in [6, 6.07) is 2.91.